The maximum absolute atomic E-state index is 12.9. The Hall–Kier alpha value is -3.59. The zero-order valence-electron chi connectivity index (χ0n) is 61.2. The maximum Gasteiger partial charge on any atom is 0.306 e. The van der Waals surface area contributed by atoms with Gasteiger partial charge in [0.2, 0.25) is 0 Å². The van der Waals surface area contributed by atoms with Crippen molar-refractivity contribution in [1.82, 2.24) is 0 Å². The first-order valence-corrected chi connectivity index (χ1v) is 40.2. The summed E-state index contributed by atoms with van der Waals surface area (Å²) in [4.78, 5) is 38.1. The summed E-state index contributed by atoms with van der Waals surface area (Å²) in [5.74, 6) is -0.844. The van der Waals surface area contributed by atoms with E-state index in [9.17, 15) is 19.0 Å². The van der Waals surface area contributed by atoms with E-state index in [1.54, 1.807) is 0 Å². The van der Waals surface area contributed by atoms with Crippen LogP contribution >= 0.6 is 7.82 Å². The first kappa shape index (κ1) is 89.4. The van der Waals surface area contributed by atoms with E-state index in [0.717, 1.165) is 122 Å². The number of carbonyl (C=O) groups excluding carboxylic acids is 2. The summed E-state index contributed by atoms with van der Waals surface area (Å²) in [6, 6.07) is 0. The average molecular weight is 1320 g/mol. The number of carbonyl (C=O) groups is 2. The van der Waals surface area contributed by atoms with E-state index in [2.05, 4.69) is 135 Å². The van der Waals surface area contributed by atoms with Crippen LogP contribution in [0.4, 0.5) is 0 Å². The first-order valence-electron chi connectivity index (χ1n) is 38.7. The van der Waals surface area contributed by atoms with Gasteiger partial charge < -0.3 is 27.9 Å². The third-order valence-electron chi connectivity index (χ3n) is 16.7. The highest BCUT2D eigenvalue weighted by Crippen LogP contribution is 2.38. The molecule has 0 saturated heterocycles. The lowest BCUT2D eigenvalue weighted by molar-refractivity contribution is -0.870. The van der Waals surface area contributed by atoms with Gasteiger partial charge in [0.15, 0.2) is 6.10 Å². The Morgan fingerprint density at radius 3 is 0.914 bits per heavy atom. The molecule has 0 aromatic rings. The van der Waals surface area contributed by atoms with Crippen LogP contribution in [0.5, 0.6) is 0 Å². The van der Waals surface area contributed by atoms with Crippen molar-refractivity contribution in [3.8, 4) is 0 Å². The van der Waals surface area contributed by atoms with E-state index in [4.69, 9.17) is 18.5 Å². The number of likely N-dealkylation sites (N-methyl/N-ethyl adjacent to an activating group) is 1. The van der Waals surface area contributed by atoms with E-state index < -0.39 is 26.5 Å². The molecule has 0 N–H and O–H groups in total. The van der Waals surface area contributed by atoms with Gasteiger partial charge in [-0.2, -0.15) is 0 Å². The van der Waals surface area contributed by atoms with Gasteiger partial charge in [0, 0.05) is 12.8 Å². The standard InChI is InChI=1S/C83H146NO8P/c1-6-8-10-12-14-16-18-20-22-24-26-28-30-32-34-36-38-40-41-42-43-44-46-48-50-52-54-56-58-60-62-64-66-68-70-72-74-76-83(86)92-81(80-91-93(87,88)90-78-77-84(3,4)5)79-89-82(85)75-73-71-69-67-65-63-61-59-57-55-53-51-49-47-45-39-37-35-33-31-29-27-25-23-21-19-17-15-13-11-9-7-2/h8,10,14,16,20,22,26,28,32,34,38,40,42-43,46,48,52,54,58,60,81H,6-7,9,11-13,15,17-19,21,23-25,27,29-31,33,35-37,39,41,44-45,47,49-51,53,55-57,59,61-80H2,1-5H3/b10-8-,16-14-,22-20-,28-26-,34-32-,40-38-,43-42-,48-46-,54-52-,60-58-. The van der Waals surface area contributed by atoms with Crippen molar-refractivity contribution in [3.63, 3.8) is 0 Å². The molecule has 536 valence electrons. The molecule has 2 unspecified atom stereocenters. The smallest absolute Gasteiger partial charge is 0.306 e. The number of phosphoric ester groups is 1. The Morgan fingerprint density at radius 2 is 0.613 bits per heavy atom. The largest absolute Gasteiger partial charge is 0.756 e. The molecule has 93 heavy (non-hydrogen) atoms. The zero-order chi connectivity index (χ0) is 67.6. The Kier molecular flexibility index (Phi) is 69.9. The lowest BCUT2D eigenvalue weighted by atomic mass is 10.0. The predicted molar refractivity (Wildman–Crippen MR) is 401 cm³/mol. The van der Waals surface area contributed by atoms with E-state index in [0.29, 0.717) is 17.4 Å². The summed E-state index contributed by atoms with van der Waals surface area (Å²) < 4.78 is 34.4. The molecule has 0 spiro atoms. The second-order valence-electron chi connectivity index (χ2n) is 27.0. The number of allylic oxidation sites excluding steroid dienone is 20. The molecule has 0 heterocycles. The molecular weight excluding hydrogens is 1170 g/mol. The van der Waals surface area contributed by atoms with Crippen LogP contribution in [0, 0.1) is 0 Å². The molecule has 0 aliphatic heterocycles. The number of ether oxygens (including phenoxy) is 2. The van der Waals surface area contributed by atoms with Gasteiger partial charge in [-0.1, -0.05) is 360 Å². The third-order valence-corrected chi connectivity index (χ3v) is 17.7. The van der Waals surface area contributed by atoms with Crippen LogP contribution < -0.4 is 4.89 Å². The normalized spacial score (nSPS) is 13.7. The Bertz CT molecular complexity index is 1990. The number of rotatable bonds is 71. The molecule has 0 radical (unpaired) electrons. The molecule has 0 fully saturated rings. The van der Waals surface area contributed by atoms with Gasteiger partial charge in [0.05, 0.1) is 27.7 Å². The first-order chi connectivity index (χ1) is 45.5. The highest BCUT2D eigenvalue weighted by atomic mass is 31.2. The van der Waals surface area contributed by atoms with E-state index in [1.807, 2.05) is 21.1 Å². The number of phosphoric acid groups is 1. The molecule has 0 aliphatic rings. The van der Waals surface area contributed by atoms with Gasteiger partial charge in [-0.25, -0.2) is 0 Å². The van der Waals surface area contributed by atoms with Crippen molar-refractivity contribution in [2.24, 2.45) is 0 Å². The van der Waals surface area contributed by atoms with Crippen molar-refractivity contribution in [2.45, 2.75) is 347 Å². The predicted octanol–water partition coefficient (Wildman–Crippen LogP) is 25.1. The van der Waals surface area contributed by atoms with Crippen molar-refractivity contribution in [1.29, 1.82) is 0 Å². The Labute approximate surface area is 575 Å². The number of quaternary nitrogens is 1. The minimum Gasteiger partial charge on any atom is -0.756 e. The minimum atomic E-state index is -4.66. The van der Waals surface area contributed by atoms with Crippen LogP contribution in [0.3, 0.4) is 0 Å². The van der Waals surface area contributed by atoms with Gasteiger partial charge in [-0.3, -0.25) is 14.2 Å². The molecule has 2 atom stereocenters. The molecule has 0 amide bonds. The quantitative estimate of drug-likeness (QED) is 0.0195. The van der Waals surface area contributed by atoms with Crippen LogP contribution in [-0.2, 0) is 32.7 Å². The highest BCUT2D eigenvalue weighted by molar-refractivity contribution is 7.45. The molecule has 10 heteroatoms. The fraction of sp³-hybridized carbons (Fsp3) is 0.735. The summed E-state index contributed by atoms with van der Waals surface area (Å²) in [6.45, 7) is 4.15. The van der Waals surface area contributed by atoms with Crippen LogP contribution in [-0.4, -0.2) is 70.0 Å². The van der Waals surface area contributed by atoms with Gasteiger partial charge in [-0.15, -0.1) is 0 Å². The lowest BCUT2D eigenvalue weighted by Crippen LogP contribution is -2.37. The number of nitrogens with zero attached hydrogens (tertiary/aromatic N) is 1. The fourth-order valence-electron chi connectivity index (χ4n) is 10.9. The summed E-state index contributed by atoms with van der Waals surface area (Å²) in [5, 5.41) is 0. The van der Waals surface area contributed by atoms with Crippen molar-refractivity contribution >= 4 is 19.8 Å². The zero-order valence-corrected chi connectivity index (χ0v) is 62.1. The van der Waals surface area contributed by atoms with Crippen molar-refractivity contribution in [2.75, 3.05) is 47.5 Å². The van der Waals surface area contributed by atoms with E-state index in [1.165, 1.54) is 186 Å². The van der Waals surface area contributed by atoms with Crippen LogP contribution in [0.15, 0.2) is 122 Å². The molecule has 0 aliphatic carbocycles. The molecule has 0 rings (SSSR count). The number of hydrogen-bond donors (Lipinski definition) is 0. The third kappa shape index (κ3) is 77.3. The van der Waals surface area contributed by atoms with Gasteiger partial charge >= 0.3 is 11.9 Å². The Balaban J connectivity index is 4.06. The molecule has 0 saturated carbocycles. The number of unbranched alkanes of at least 4 members (excludes halogenated alkanes) is 37. The summed E-state index contributed by atoms with van der Waals surface area (Å²) >= 11 is 0. The number of hydrogen-bond acceptors (Lipinski definition) is 8. The monoisotopic (exact) mass is 1320 g/mol. The second kappa shape index (κ2) is 72.7. The van der Waals surface area contributed by atoms with Crippen LogP contribution in [0.2, 0.25) is 0 Å². The van der Waals surface area contributed by atoms with E-state index >= 15 is 0 Å². The molecule has 0 aromatic heterocycles. The van der Waals surface area contributed by atoms with Crippen LogP contribution in [0.25, 0.3) is 0 Å². The number of esters is 2. The second-order valence-corrected chi connectivity index (χ2v) is 28.4. The molecule has 0 aromatic carbocycles. The fourth-order valence-corrected chi connectivity index (χ4v) is 11.6. The molecule has 9 nitrogen and oxygen atoms in total. The van der Waals surface area contributed by atoms with Gasteiger partial charge in [-0.05, 0) is 89.9 Å². The van der Waals surface area contributed by atoms with Crippen molar-refractivity contribution < 1.29 is 42.1 Å². The lowest BCUT2D eigenvalue weighted by Gasteiger charge is -2.28. The minimum absolute atomic E-state index is 0.0381. The molecular formula is C83H146NO8P. The maximum atomic E-state index is 12.9. The SMILES string of the molecule is CC/C=C\C/C=C\C/C=C\C/C=C\C/C=C\C/C=C\C/C=C\C/C=C\C/C=C\C/C=C\CCCCCCCCC(=O)OC(COC(=O)CCCCCCCCCCCCCCCCCCCCCCCCCCCCCCCCCC)COP(=O)([O-])OCC[N+](C)(C)C. The average Bonchev–Trinajstić information content (AvgIpc) is 2.27. The van der Waals surface area contributed by atoms with Gasteiger partial charge in [0.25, 0.3) is 7.82 Å². The topological polar surface area (TPSA) is 111 Å². The van der Waals surface area contributed by atoms with Crippen LogP contribution in [0.1, 0.15) is 341 Å². The van der Waals surface area contributed by atoms with Crippen molar-refractivity contribution in [3.05, 3.63) is 122 Å². The van der Waals surface area contributed by atoms with E-state index in [-0.39, 0.29) is 32.0 Å². The Morgan fingerprint density at radius 1 is 0.344 bits per heavy atom. The van der Waals surface area contributed by atoms with Gasteiger partial charge in [0.1, 0.15) is 19.8 Å². The highest BCUT2D eigenvalue weighted by Gasteiger charge is 2.22. The molecule has 0 bridgehead atoms. The summed E-state index contributed by atoms with van der Waals surface area (Å²) in [5.41, 5.74) is 0. The summed E-state index contributed by atoms with van der Waals surface area (Å²) in [6.07, 6.45) is 105. The summed E-state index contributed by atoms with van der Waals surface area (Å²) in [7, 11) is 1.15.